The van der Waals surface area contributed by atoms with Crippen LogP contribution in [0.15, 0.2) is 73.1 Å². The lowest BCUT2D eigenvalue weighted by Crippen LogP contribution is -2.31. The van der Waals surface area contributed by atoms with Gasteiger partial charge in [-0.25, -0.2) is 4.98 Å². The van der Waals surface area contributed by atoms with Gasteiger partial charge in [-0.2, -0.15) is 5.10 Å². The minimum absolute atomic E-state index is 0.293. The van der Waals surface area contributed by atoms with Crippen molar-refractivity contribution in [2.75, 3.05) is 5.32 Å². The van der Waals surface area contributed by atoms with Crippen molar-refractivity contribution < 1.29 is 9.59 Å². The van der Waals surface area contributed by atoms with Crippen LogP contribution in [0.25, 0.3) is 11.0 Å². The summed E-state index contributed by atoms with van der Waals surface area (Å²) < 4.78 is 0. The maximum absolute atomic E-state index is 12.7. The molecule has 0 radical (unpaired) electrons. The minimum atomic E-state index is -0.713. The lowest BCUT2D eigenvalue weighted by molar-refractivity contribution is -0.119. The Morgan fingerprint density at radius 2 is 1.70 bits per heavy atom. The molecule has 0 saturated heterocycles. The maximum Gasteiger partial charge on any atom is 0.255 e. The molecule has 2 aromatic carbocycles. The Bertz CT molecular complexity index is 1190. The van der Waals surface area contributed by atoms with Crippen LogP contribution in [0.4, 0.5) is 5.69 Å². The molecular formula is C22H20N6O2. The molecule has 150 valence electrons. The SMILES string of the molecule is NC(=O)C(c1ccc(C(=O)Nc2ccnc3[nH]ncc23)cc1)C(N)c1ccccc1. The smallest absolute Gasteiger partial charge is 0.255 e. The molecule has 0 bridgehead atoms. The van der Waals surface area contributed by atoms with Gasteiger partial charge in [-0.15, -0.1) is 0 Å². The number of fused-ring (bicyclic) bond motifs is 1. The second kappa shape index (κ2) is 8.14. The first-order valence-corrected chi connectivity index (χ1v) is 9.34. The molecule has 0 spiro atoms. The number of hydrogen-bond acceptors (Lipinski definition) is 5. The van der Waals surface area contributed by atoms with Crippen LogP contribution in [0.5, 0.6) is 0 Å². The second-order valence-corrected chi connectivity index (χ2v) is 6.88. The van der Waals surface area contributed by atoms with Crippen LogP contribution in [0, 0.1) is 0 Å². The van der Waals surface area contributed by atoms with Gasteiger partial charge in [0.25, 0.3) is 5.91 Å². The summed E-state index contributed by atoms with van der Waals surface area (Å²) in [6.45, 7) is 0. The molecule has 0 fully saturated rings. The standard InChI is InChI=1S/C22H20N6O2/c23-19(14-4-2-1-3-5-14)18(20(24)29)13-6-8-15(9-7-13)22(30)27-17-10-11-25-21-16(17)12-26-28-21/h1-12,18-19H,23H2,(H2,24,29)(H2,25,26,27,28,30). The Hall–Kier alpha value is -4.04. The van der Waals surface area contributed by atoms with E-state index < -0.39 is 17.9 Å². The summed E-state index contributed by atoms with van der Waals surface area (Å²) >= 11 is 0. The van der Waals surface area contributed by atoms with Crippen molar-refractivity contribution in [3.63, 3.8) is 0 Å². The van der Waals surface area contributed by atoms with E-state index in [0.29, 0.717) is 27.8 Å². The van der Waals surface area contributed by atoms with E-state index in [1.165, 1.54) is 0 Å². The summed E-state index contributed by atoms with van der Waals surface area (Å²) in [5.74, 6) is -1.53. The number of carbonyl (C=O) groups excluding carboxylic acids is 2. The Morgan fingerprint density at radius 3 is 2.40 bits per heavy atom. The lowest BCUT2D eigenvalue weighted by Gasteiger charge is -2.22. The van der Waals surface area contributed by atoms with Gasteiger partial charge in [-0.05, 0) is 29.3 Å². The van der Waals surface area contributed by atoms with Crippen molar-refractivity contribution in [3.05, 3.63) is 89.7 Å². The molecule has 8 heteroatoms. The first kappa shape index (κ1) is 19.3. The van der Waals surface area contributed by atoms with Crippen molar-refractivity contribution >= 4 is 28.5 Å². The molecule has 30 heavy (non-hydrogen) atoms. The van der Waals surface area contributed by atoms with Crippen LogP contribution in [0.2, 0.25) is 0 Å². The Morgan fingerprint density at radius 1 is 0.967 bits per heavy atom. The zero-order valence-electron chi connectivity index (χ0n) is 15.9. The third kappa shape index (κ3) is 3.76. The van der Waals surface area contributed by atoms with E-state index in [4.69, 9.17) is 11.5 Å². The second-order valence-electron chi connectivity index (χ2n) is 6.88. The highest BCUT2D eigenvalue weighted by molar-refractivity contribution is 6.08. The third-order valence-corrected chi connectivity index (χ3v) is 4.98. The van der Waals surface area contributed by atoms with Gasteiger partial charge in [0.2, 0.25) is 5.91 Å². The number of carbonyl (C=O) groups is 2. The average Bonchev–Trinajstić information content (AvgIpc) is 3.24. The van der Waals surface area contributed by atoms with Crippen molar-refractivity contribution in [2.24, 2.45) is 11.5 Å². The Kier molecular flexibility index (Phi) is 5.23. The molecule has 4 rings (SSSR count). The van der Waals surface area contributed by atoms with Crippen LogP contribution < -0.4 is 16.8 Å². The average molecular weight is 400 g/mol. The molecule has 2 atom stereocenters. The number of H-pyrrole nitrogens is 1. The topological polar surface area (TPSA) is 140 Å². The van der Waals surface area contributed by atoms with E-state index in [2.05, 4.69) is 20.5 Å². The largest absolute Gasteiger partial charge is 0.369 e. The van der Waals surface area contributed by atoms with E-state index in [1.54, 1.807) is 42.7 Å². The van der Waals surface area contributed by atoms with Gasteiger partial charge in [-0.1, -0.05) is 42.5 Å². The number of amides is 2. The normalized spacial score (nSPS) is 13.0. The van der Waals surface area contributed by atoms with Gasteiger partial charge < -0.3 is 16.8 Å². The number of pyridine rings is 1. The highest BCUT2D eigenvalue weighted by atomic mass is 16.2. The molecule has 6 N–H and O–H groups in total. The molecule has 0 aliphatic rings. The highest BCUT2D eigenvalue weighted by Gasteiger charge is 2.26. The molecule has 4 aromatic rings. The number of aromatic nitrogens is 3. The van der Waals surface area contributed by atoms with Gasteiger partial charge in [0.15, 0.2) is 5.65 Å². The van der Waals surface area contributed by atoms with Crippen LogP contribution >= 0.6 is 0 Å². The summed E-state index contributed by atoms with van der Waals surface area (Å²) in [5.41, 5.74) is 15.0. The van der Waals surface area contributed by atoms with Gasteiger partial charge in [0, 0.05) is 17.8 Å². The summed E-state index contributed by atoms with van der Waals surface area (Å²) in [6, 6.07) is 17.1. The fraction of sp³-hybridized carbons (Fsp3) is 0.0909. The summed E-state index contributed by atoms with van der Waals surface area (Å²) in [4.78, 5) is 28.9. The van der Waals surface area contributed by atoms with Gasteiger partial charge in [0.05, 0.1) is 23.2 Å². The summed E-state index contributed by atoms with van der Waals surface area (Å²) in [6.07, 6.45) is 3.19. The Labute approximate surface area is 172 Å². The number of aromatic amines is 1. The lowest BCUT2D eigenvalue weighted by atomic mass is 9.86. The third-order valence-electron chi connectivity index (χ3n) is 4.98. The van der Waals surface area contributed by atoms with E-state index in [-0.39, 0.29) is 5.91 Å². The van der Waals surface area contributed by atoms with E-state index in [9.17, 15) is 9.59 Å². The number of benzene rings is 2. The molecular weight excluding hydrogens is 380 g/mol. The zero-order chi connectivity index (χ0) is 21.1. The number of nitrogens with two attached hydrogens (primary N) is 2. The van der Waals surface area contributed by atoms with Crippen molar-refractivity contribution in [1.82, 2.24) is 15.2 Å². The number of nitrogens with one attached hydrogen (secondary N) is 2. The number of hydrogen-bond donors (Lipinski definition) is 4. The predicted molar refractivity (Wildman–Crippen MR) is 114 cm³/mol. The number of nitrogens with zero attached hydrogens (tertiary/aromatic N) is 2. The monoisotopic (exact) mass is 400 g/mol. The molecule has 0 saturated carbocycles. The maximum atomic E-state index is 12.7. The molecule has 2 aromatic heterocycles. The predicted octanol–water partition coefficient (Wildman–Crippen LogP) is 2.48. The molecule has 0 aliphatic carbocycles. The van der Waals surface area contributed by atoms with Crippen molar-refractivity contribution in [1.29, 1.82) is 0 Å². The van der Waals surface area contributed by atoms with E-state index in [1.807, 2.05) is 30.3 Å². The molecule has 2 unspecified atom stereocenters. The first-order valence-electron chi connectivity index (χ1n) is 9.34. The van der Waals surface area contributed by atoms with Gasteiger partial charge in [0.1, 0.15) is 0 Å². The van der Waals surface area contributed by atoms with E-state index >= 15 is 0 Å². The molecule has 0 aliphatic heterocycles. The highest BCUT2D eigenvalue weighted by Crippen LogP contribution is 2.29. The zero-order valence-corrected chi connectivity index (χ0v) is 15.9. The van der Waals surface area contributed by atoms with Crippen LogP contribution in [-0.4, -0.2) is 27.0 Å². The Balaban J connectivity index is 1.56. The van der Waals surface area contributed by atoms with Crippen LogP contribution in [-0.2, 0) is 4.79 Å². The quantitative estimate of drug-likeness (QED) is 0.394. The molecule has 2 amide bonds. The molecule has 8 nitrogen and oxygen atoms in total. The summed E-state index contributed by atoms with van der Waals surface area (Å²) in [7, 11) is 0. The van der Waals surface area contributed by atoms with Gasteiger partial charge in [-0.3, -0.25) is 14.7 Å². The van der Waals surface area contributed by atoms with E-state index in [0.717, 1.165) is 5.56 Å². The number of anilines is 1. The fourth-order valence-electron chi connectivity index (χ4n) is 3.41. The van der Waals surface area contributed by atoms with Crippen molar-refractivity contribution in [2.45, 2.75) is 12.0 Å². The fourth-order valence-corrected chi connectivity index (χ4v) is 3.41. The van der Waals surface area contributed by atoms with Gasteiger partial charge >= 0.3 is 0 Å². The summed E-state index contributed by atoms with van der Waals surface area (Å²) in [5, 5.41) is 10.3. The number of primary amides is 1. The number of rotatable bonds is 6. The van der Waals surface area contributed by atoms with Crippen LogP contribution in [0.3, 0.4) is 0 Å². The minimum Gasteiger partial charge on any atom is -0.369 e. The first-order chi connectivity index (χ1) is 14.5. The molecule has 2 heterocycles. The van der Waals surface area contributed by atoms with Crippen LogP contribution in [0.1, 0.15) is 33.4 Å². The van der Waals surface area contributed by atoms with Crippen molar-refractivity contribution in [3.8, 4) is 0 Å².